The second-order valence-corrected chi connectivity index (χ2v) is 5.90. The maximum Gasteiger partial charge on any atom is 0.225 e. The summed E-state index contributed by atoms with van der Waals surface area (Å²) in [6.45, 7) is 9.30. The van der Waals surface area contributed by atoms with E-state index in [1.807, 2.05) is 0 Å². The zero-order valence-corrected chi connectivity index (χ0v) is 13.4. The van der Waals surface area contributed by atoms with Crippen molar-refractivity contribution >= 4 is 21.8 Å². The average Bonchev–Trinajstić information content (AvgIpc) is 2.40. The highest BCUT2D eigenvalue weighted by molar-refractivity contribution is 9.09. The first-order valence-electron chi connectivity index (χ1n) is 7.30. The van der Waals surface area contributed by atoms with Crippen LogP contribution in [0, 0.1) is 5.92 Å². The maximum atomic E-state index is 12.4. The molecule has 1 rings (SSSR count). The van der Waals surface area contributed by atoms with Crippen LogP contribution in [-0.2, 0) is 4.79 Å². The normalized spacial score (nSPS) is 18.9. The Bertz CT molecular complexity index is 240. The van der Waals surface area contributed by atoms with Crippen molar-refractivity contribution in [3.05, 3.63) is 0 Å². The average molecular weight is 319 g/mol. The van der Waals surface area contributed by atoms with Gasteiger partial charge >= 0.3 is 0 Å². The van der Waals surface area contributed by atoms with Gasteiger partial charge in [0.1, 0.15) is 0 Å². The van der Waals surface area contributed by atoms with E-state index in [1.165, 1.54) is 12.8 Å². The monoisotopic (exact) mass is 318 g/mol. The molecular weight excluding hydrogens is 292 g/mol. The molecule has 4 heteroatoms. The fourth-order valence-corrected chi connectivity index (χ4v) is 3.02. The predicted octanol–water partition coefficient (Wildman–Crippen LogP) is 2.74. The van der Waals surface area contributed by atoms with E-state index in [4.69, 9.17) is 0 Å². The number of rotatable bonds is 7. The number of carbonyl (C=O) groups is 1. The molecule has 1 heterocycles. The van der Waals surface area contributed by atoms with E-state index in [-0.39, 0.29) is 5.92 Å². The summed E-state index contributed by atoms with van der Waals surface area (Å²) >= 11 is 3.47. The Hall–Kier alpha value is -0.0900. The topological polar surface area (TPSA) is 23.6 Å². The Morgan fingerprint density at radius 2 is 1.89 bits per heavy atom. The number of nitrogens with zero attached hydrogens (tertiary/aromatic N) is 2. The molecule has 1 fully saturated rings. The molecule has 0 aromatic carbocycles. The predicted molar refractivity (Wildman–Crippen MR) is 80.1 cm³/mol. The summed E-state index contributed by atoms with van der Waals surface area (Å²) in [5.41, 5.74) is 0. The van der Waals surface area contributed by atoms with E-state index in [0.29, 0.717) is 5.91 Å². The van der Waals surface area contributed by atoms with Gasteiger partial charge in [0.05, 0.1) is 0 Å². The van der Waals surface area contributed by atoms with Crippen LogP contribution in [0.4, 0.5) is 0 Å². The third-order valence-corrected chi connectivity index (χ3v) is 4.19. The van der Waals surface area contributed by atoms with E-state index in [0.717, 1.165) is 50.9 Å². The van der Waals surface area contributed by atoms with Gasteiger partial charge in [0, 0.05) is 44.0 Å². The molecule has 18 heavy (non-hydrogen) atoms. The van der Waals surface area contributed by atoms with Crippen molar-refractivity contribution in [2.45, 2.75) is 39.5 Å². The van der Waals surface area contributed by atoms with Gasteiger partial charge in [0.25, 0.3) is 0 Å². The molecule has 0 aliphatic carbocycles. The van der Waals surface area contributed by atoms with Gasteiger partial charge in [-0.1, -0.05) is 42.6 Å². The first-order chi connectivity index (χ1) is 8.72. The molecule has 0 aromatic heterocycles. The summed E-state index contributed by atoms with van der Waals surface area (Å²) < 4.78 is 0. The van der Waals surface area contributed by atoms with Crippen molar-refractivity contribution in [1.29, 1.82) is 0 Å². The summed E-state index contributed by atoms with van der Waals surface area (Å²) in [6.07, 6.45) is 4.41. The third-order valence-electron chi connectivity index (χ3n) is 3.83. The summed E-state index contributed by atoms with van der Waals surface area (Å²) in [6, 6.07) is 0. The van der Waals surface area contributed by atoms with Gasteiger partial charge in [-0.05, 0) is 12.8 Å². The zero-order chi connectivity index (χ0) is 13.4. The Labute approximate surface area is 120 Å². The number of amides is 1. The van der Waals surface area contributed by atoms with Crippen molar-refractivity contribution in [3.8, 4) is 0 Å². The Balaban J connectivity index is 2.37. The highest BCUT2D eigenvalue weighted by Gasteiger charge is 2.25. The number of hydrogen-bond donors (Lipinski definition) is 0. The molecule has 0 bridgehead atoms. The number of hydrogen-bond acceptors (Lipinski definition) is 2. The lowest BCUT2D eigenvalue weighted by atomic mass is 9.97. The first-order valence-corrected chi connectivity index (χ1v) is 8.42. The van der Waals surface area contributed by atoms with Crippen molar-refractivity contribution in [1.82, 2.24) is 9.80 Å². The van der Waals surface area contributed by atoms with E-state index in [2.05, 4.69) is 39.6 Å². The van der Waals surface area contributed by atoms with Crippen LogP contribution >= 0.6 is 15.9 Å². The molecule has 1 saturated heterocycles. The van der Waals surface area contributed by atoms with Crippen LogP contribution in [0.1, 0.15) is 39.5 Å². The van der Waals surface area contributed by atoms with Gasteiger partial charge in [-0.25, -0.2) is 0 Å². The van der Waals surface area contributed by atoms with Crippen LogP contribution < -0.4 is 0 Å². The summed E-state index contributed by atoms with van der Waals surface area (Å²) in [7, 11) is 0. The van der Waals surface area contributed by atoms with Crippen molar-refractivity contribution in [2.75, 3.05) is 38.1 Å². The lowest BCUT2D eigenvalue weighted by Gasteiger charge is -2.36. The SMILES string of the molecule is CCCCC(CC)C(=O)N1CCN(CCBr)CC1. The molecule has 1 unspecified atom stereocenters. The van der Waals surface area contributed by atoms with Gasteiger partial charge in [-0.3, -0.25) is 9.69 Å². The molecule has 0 radical (unpaired) electrons. The summed E-state index contributed by atoms with van der Waals surface area (Å²) in [5.74, 6) is 0.650. The number of carbonyl (C=O) groups excluding carboxylic acids is 1. The number of unbranched alkanes of at least 4 members (excludes halogenated alkanes) is 1. The minimum Gasteiger partial charge on any atom is -0.340 e. The van der Waals surface area contributed by atoms with Crippen LogP contribution in [0.3, 0.4) is 0 Å². The summed E-state index contributed by atoms with van der Waals surface area (Å²) in [5, 5.41) is 1.02. The van der Waals surface area contributed by atoms with Crippen LogP contribution in [0.25, 0.3) is 0 Å². The van der Waals surface area contributed by atoms with Crippen molar-refractivity contribution < 1.29 is 4.79 Å². The lowest BCUT2D eigenvalue weighted by molar-refractivity contribution is -0.137. The molecule has 0 spiro atoms. The number of alkyl halides is 1. The maximum absolute atomic E-state index is 12.4. The zero-order valence-electron chi connectivity index (χ0n) is 11.8. The highest BCUT2D eigenvalue weighted by Crippen LogP contribution is 2.17. The minimum atomic E-state index is 0.257. The first kappa shape index (κ1) is 16.0. The second kappa shape index (κ2) is 8.92. The smallest absolute Gasteiger partial charge is 0.225 e. The summed E-state index contributed by atoms with van der Waals surface area (Å²) in [4.78, 5) is 16.9. The van der Waals surface area contributed by atoms with E-state index < -0.39 is 0 Å². The number of halogens is 1. The van der Waals surface area contributed by atoms with Crippen LogP contribution in [0.15, 0.2) is 0 Å². The molecule has 1 amide bonds. The Morgan fingerprint density at radius 1 is 1.22 bits per heavy atom. The molecule has 0 aromatic rings. The quantitative estimate of drug-likeness (QED) is 0.674. The van der Waals surface area contributed by atoms with Crippen LogP contribution in [0.5, 0.6) is 0 Å². The fraction of sp³-hybridized carbons (Fsp3) is 0.929. The molecule has 1 aliphatic rings. The minimum absolute atomic E-state index is 0.257. The molecule has 106 valence electrons. The van der Waals surface area contributed by atoms with Gasteiger partial charge in [0.2, 0.25) is 5.91 Å². The fourth-order valence-electron chi connectivity index (χ4n) is 2.52. The molecule has 0 N–H and O–H groups in total. The highest BCUT2D eigenvalue weighted by atomic mass is 79.9. The van der Waals surface area contributed by atoms with Crippen LogP contribution in [0.2, 0.25) is 0 Å². The van der Waals surface area contributed by atoms with Gasteiger partial charge in [-0.15, -0.1) is 0 Å². The van der Waals surface area contributed by atoms with E-state index in [1.54, 1.807) is 0 Å². The van der Waals surface area contributed by atoms with Crippen molar-refractivity contribution in [2.24, 2.45) is 5.92 Å². The third kappa shape index (κ3) is 4.88. The van der Waals surface area contributed by atoms with Gasteiger partial charge in [0.15, 0.2) is 0 Å². The molecule has 1 atom stereocenters. The van der Waals surface area contributed by atoms with E-state index >= 15 is 0 Å². The lowest BCUT2D eigenvalue weighted by Crippen LogP contribution is -2.50. The molecule has 0 saturated carbocycles. The molecular formula is C14H27BrN2O. The Morgan fingerprint density at radius 3 is 2.39 bits per heavy atom. The van der Waals surface area contributed by atoms with Gasteiger partial charge in [-0.2, -0.15) is 0 Å². The largest absolute Gasteiger partial charge is 0.340 e. The standard InChI is InChI=1S/C14H27BrN2O/c1-3-5-6-13(4-2)14(18)17-11-9-16(8-7-15)10-12-17/h13H,3-12H2,1-2H3. The van der Waals surface area contributed by atoms with E-state index in [9.17, 15) is 4.79 Å². The van der Waals surface area contributed by atoms with Gasteiger partial charge < -0.3 is 4.90 Å². The number of piperazine rings is 1. The van der Waals surface area contributed by atoms with Crippen molar-refractivity contribution in [3.63, 3.8) is 0 Å². The van der Waals surface area contributed by atoms with Crippen LogP contribution in [-0.4, -0.2) is 53.8 Å². The Kier molecular flexibility index (Phi) is 7.91. The second-order valence-electron chi connectivity index (χ2n) is 5.10. The molecule has 3 nitrogen and oxygen atoms in total. The molecule has 1 aliphatic heterocycles.